The van der Waals surface area contributed by atoms with Crippen LogP contribution in [0, 0.1) is 5.82 Å². The molecule has 1 aliphatic heterocycles. The number of nitrogens with one attached hydrogen (secondary N) is 3. The first kappa shape index (κ1) is 18.0. The van der Waals surface area contributed by atoms with E-state index in [-0.39, 0.29) is 5.82 Å². The van der Waals surface area contributed by atoms with Crippen LogP contribution in [0.4, 0.5) is 4.39 Å². The lowest BCUT2D eigenvalue weighted by molar-refractivity contribution is 0.628. The Morgan fingerprint density at radius 1 is 0.968 bits per heavy atom. The fraction of sp³-hybridized carbons (Fsp3) is 0.125. The van der Waals surface area contributed by atoms with E-state index in [1.807, 2.05) is 30.3 Å². The van der Waals surface area contributed by atoms with E-state index in [1.165, 1.54) is 17.7 Å². The summed E-state index contributed by atoms with van der Waals surface area (Å²) >= 11 is 0. The smallest absolute Gasteiger partial charge is 0.135 e. The van der Waals surface area contributed by atoms with E-state index in [9.17, 15) is 4.39 Å². The van der Waals surface area contributed by atoms with Crippen molar-refractivity contribution in [2.24, 2.45) is 0 Å². The minimum absolute atomic E-state index is 0.283. The van der Waals surface area contributed by atoms with Gasteiger partial charge >= 0.3 is 0 Å². The second kappa shape index (κ2) is 7.14. The van der Waals surface area contributed by atoms with Gasteiger partial charge in [0.05, 0.1) is 22.6 Å². The number of aromatic amines is 2. The number of hydrogen-bond donors (Lipinski definition) is 3. The summed E-state index contributed by atoms with van der Waals surface area (Å²) < 4.78 is 13.8. The van der Waals surface area contributed by atoms with E-state index < -0.39 is 0 Å². The third-order valence-corrected chi connectivity index (χ3v) is 5.70. The lowest BCUT2D eigenvalue weighted by Gasteiger charge is -2.13. The van der Waals surface area contributed by atoms with Crippen LogP contribution in [0.2, 0.25) is 0 Å². The summed E-state index contributed by atoms with van der Waals surface area (Å²) in [6.45, 7) is 1.83. The summed E-state index contributed by atoms with van der Waals surface area (Å²) in [7, 11) is 0. The number of aromatic nitrogens is 5. The van der Waals surface area contributed by atoms with Gasteiger partial charge < -0.3 is 10.3 Å². The zero-order valence-corrected chi connectivity index (χ0v) is 16.6. The zero-order valence-electron chi connectivity index (χ0n) is 16.6. The van der Waals surface area contributed by atoms with E-state index in [2.05, 4.69) is 31.6 Å². The maximum atomic E-state index is 13.8. The standard InChI is InChI=1S/C24H19FN6/c25-16-3-1-2-15(12-16)22-17-13-21(28-19(17)8-11-27-22)24-23-20(30-31-24)5-4-18(29-23)14-6-9-26-10-7-14/h1-6,8,11-13,26,28H,7,9-10H2,(H,30,31). The summed E-state index contributed by atoms with van der Waals surface area (Å²) in [4.78, 5) is 12.9. The van der Waals surface area contributed by atoms with Gasteiger partial charge in [-0.25, -0.2) is 9.37 Å². The molecule has 0 aliphatic carbocycles. The SMILES string of the molecule is Fc1cccc(-c2nccc3[nH]c(-c4n[nH]c5ccc(C6=CCNCC6)nc45)cc23)c1. The summed E-state index contributed by atoms with van der Waals surface area (Å²) in [5.41, 5.74) is 7.92. The first-order valence-corrected chi connectivity index (χ1v) is 10.3. The molecule has 0 bridgehead atoms. The molecule has 5 heterocycles. The van der Waals surface area contributed by atoms with Gasteiger partial charge in [0.15, 0.2) is 0 Å². The lowest BCUT2D eigenvalue weighted by Crippen LogP contribution is -2.20. The van der Waals surface area contributed by atoms with Crippen LogP contribution in [0.1, 0.15) is 12.1 Å². The topological polar surface area (TPSA) is 82.3 Å². The Hall–Kier alpha value is -3.84. The highest BCUT2D eigenvalue weighted by atomic mass is 19.1. The van der Waals surface area contributed by atoms with Crippen molar-refractivity contribution in [1.82, 2.24) is 30.5 Å². The monoisotopic (exact) mass is 410 g/mol. The quantitative estimate of drug-likeness (QED) is 0.403. The minimum atomic E-state index is -0.283. The average molecular weight is 410 g/mol. The summed E-state index contributed by atoms with van der Waals surface area (Å²) in [5, 5.41) is 11.9. The highest BCUT2D eigenvalue weighted by Crippen LogP contribution is 2.33. The van der Waals surface area contributed by atoms with E-state index >= 15 is 0 Å². The summed E-state index contributed by atoms with van der Waals surface area (Å²) in [5.74, 6) is -0.283. The number of rotatable bonds is 3. The molecule has 1 aromatic carbocycles. The molecule has 6 rings (SSSR count). The van der Waals surface area contributed by atoms with Crippen molar-refractivity contribution in [3.05, 3.63) is 72.3 Å². The Morgan fingerprint density at radius 2 is 1.94 bits per heavy atom. The van der Waals surface area contributed by atoms with Crippen LogP contribution >= 0.6 is 0 Å². The van der Waals surface area contributed by atoms with E-state index in [4.69, 9.17) is 4.98 Å². The van der Waals surface area contributed by atoms with Crippen molar-refractivity contribution in [3.8, 4) is 22.6 Å². The van der Waals surface area contributed by atoms with Crippen LogP contribution in [-0.2, 0) is 0 Å². The molecule has 0 atom stereocenters. The van der Waals surface area contributed by atoms with E-state index in [0.29, 0.717) is 0 Å². The molecule has 31 heavy (non-hydrogen) atoms. The molecule has 4 aromatic heterocycles. The molecule has 0 fully saturated rings. The Kier molecular flexibility index (Phi) is 4.14. The first-order chi connectivity index (χ1) is 15.3. The Morgan fingerprint density at radius 3 is 2.81 bits per heavy atom. The Balaban J connectivity index is 1.49. The molecule has 7 heteroatoms. The largest absolute Gasteiger partial charge is 0.353 e. The fourth-order valence-electron chi connectivity index (χ4n) is 4.17. The number of hydrogen-bond acceptors (Lipinski definition) is 4. The maximum Gasteiger partial charge on any atom is 0.135 e. The number of benzene rings is 1. The van der Waals surface area contributed by atoms with Gasteiger partial charge in [0.1, 0.15) is 17.0 Å². The molecule has 1 aliphatic rings. The lowest BCUT2D eigenvalue weighted by atomic mass is 10.0. The third kappa shape index (κ3) is 3.10. The molecule has 0 saturated heterocycles. The van der Waals surface area contributed by atoms with Gasteiger partial charge in [0.25, 0.3) is 0 Å². The summed E-state index contributed by atoms with van der Waals surface area (Å²) in [6.07, 6.45) is 4.88. The second-order valence-electron chi connectivity index (χ2n) is 7.66. The van der Waals surface area contributed by atoms with Gasteiger partial charge in [0, 0.05) is 29.2 Å². The van der Waals surface area contributed by atoms with Crippen LogP contribution in [0.3, 0.4) is 0 Å². The average Bonchev–Trinajstić information content (AvgIpc) is 3.43. The first-order valence-electron chi connectivity index (χ1n) is 10.3. The maximum absolute atomic E-state index is 13.8. The van der Waals surface area contributed by atoms with Crippen molar-refractivity contribution in [1.29, 1.82) is 0 Å². The van der Waals surface area contributed by atoms with E-state index in [0.717, 1.165) is 69.8 Å². The second-order valence-corrected chi connectivity index (χ2v) is 7.66. The molecular formula is C24H19FN6. The van der Waals surface area contributed by atoms with Crippen molar-refractivity contribution in [3.63, 3.8) is 0 Å². The van der Waals surface area contributed by atoms with Crippen LogP contribution in [-0.4, -0.2) is 38.2 Å². The number of halogens is 1. The molecule has 0 spiro atoms. The molecular weight excluding hydrogens is 391 g/mol. The molecule has 0 saturated carbocycles. The zero-order chi connectivity index (χ0) is 20.8. The van der Waals surface area contributed by atoms with Gasteiger partial charge in [-0.2, -0.15) is 5.10 Å². The van der Waals surface area contributed by atoms with Crippen molar-refractivity contribution in [2.75, 3.05) is 13.1 Å². The van der Waals surface area contributed by atoms with Gasteiger partial charge in [-0.1, -0.05) is 18.2 Å². The normalized spacial score (nSPS) is 14.3. The van der Waals surface area contributed by atoms with Crippen molar-refractivity contribution in [2.45, 2.75) is 6.42 Å². The fourth-order valence-corrected chi connectivity index (χ4v) is 4.17. The third-order valence-electron chi connectivity index (χ3n) is 5.70. The van der Waals surface area contributed by atoms with E-state index in [1.54, 1.807) is 12.3 Å². The van der Waals surface area contributed by atoms with Crippen molar-refractivity contribution >= 4 is 27.5 Å². The molecule has 152 valence electrons. The predicted octanol–water partition coefficient (Wildman–Crippen LogP) is 4.68. The highest BCUT2D eigenvalue weighted by molar-refractivity contribution is 5.99. The Bertz CT molecular complexity index is 1460. The van der Waals surface area contributed by atoms with Crippen LogP contribution in [0.25, 0.3) is 50.2 Å². The van der Waals surface area contributed by atoms with Crippen LogP contribution < -0.4 is 5.32 Å². The van der Waals surface area contributed by atoms with Gasteiger partial charge in [-0.05, 0) is 54.9 Å². The number of H-pyrrole nitrogens is 2. The molecule has 0 radical (unpaired) electrons. The summed E-state index contributed by atoms with van der Waals surface area (Å²) in [6, 6.07) is 14.5. The molecule has 3 N–H and O–H groups in total. The Labute approximate surface area is 177 Å². The number of pyridine rings is 2. The van der Waals surface area contributed by atoms with Gasteiger partial charge in [0.2, 0.25) is 0 Å². The molecule has 0 amide bonds. The molecule has 5 aromatic rings. The molecule has 0 unspecified atom stereocenters. The predicted molar refractivity (Wildman–Crippen MR) is 120 cm³/mol. The van der Waals surface area contributed by atoms with Gasteiger partial charge in [-0.3, -0.25) is 10.1 Å². The van der Waals surface area contributed by atoms with Crippen LogP contribution in [0.15, 0.2) is 60.8 Å². The van der Waals surface area contributed by atoms with Gasteiger partial charge in [-0.15, -0.1) is 0 Å². The van der Waals surface area contributed by atoms with Crippen LogP contribution in [0.5, 0.6) is 0 Å². The minimum Gasteiger partial charge on any atom is -0.353 e. The number of nitrogens with zero attached hydrogens (tertiary/aromatic N) is 3. The van der Waals surface area contributed by atoms with Crippen molar-refractivity contribution < 1.29 is 4.39 Å². The molecule has 6 nitrogen and oxygen atoms in total. The highest BCUT2D eigenvalue weighted by Gasteiger charge is 2.17. The number of fused-ring (bicyclic) bond motifs is 2.